The minimum atomic E-state index is -1.06. The van der Waals surface area contributed by atoms with Gasteiger partial charge in [0.1, 0.15) is 5.69 Å². The van der Waals surface area contributed by atoms with Gasteiger partial charge >= 0.3 is 5.97 Å². The van der Waals surface area contributed by atoms with Gasteiger partial charge in [-0.25, -0.2) is 4.79 Å². The van der Waals surface area contributed by atoms with E-state index in [0.29, 0.717) is 17.7 Å². The Kier molecular flexibility index (Phi) is 5.49. The number of aliphatic carboxylic acids is 1. The number of benzene rings is 1. The van der Waals surface area contributed by atoms with Crippen LogP contribution in [-0.4, -0.2) is 34.3 Å². The maximum atomic E-state index is 10.9. The van der Waals surface area contributed by atoms with E-state index in [4.69, 9.17) is 10.2 Å². The fourth-order valence-electron chi connectivity index (χ4n) is 1.49. The third-order valence-corrected chi connectivity index (χ3v) is 2.30. The number of aliphatic hydroxyl groups excluding tert-OH is 1. The first-order valence-corrected chi connectivity index (χ1v) is 5.56. The van der Waals surface area contributed by atoms with Crippen LogP contribution < -0.4 is 5.32 Å². The summed E-state index contributed by atoms with van der Waals surface area (Å²) in [5.41, 5.74) is 0.860. The number of nitrogens with zero attached hydrogens (tertiary/aromatic N) is 1. The van der Waals surface area contributed by atoms with Crippen LogP contribution in [0.1, 0.15) is 5.56 Å². The van der Waals surface area contributed by atoms with Crippen molar-refractivity contribution in [3.8, 4) is 0 Å². The van der Waals surface area contributed by atoms with Gasteiger partial charge in [0.15, 0.2) is 0 Å². The molecule has 0 saturated carbocycles. The van der Waals surface area contributed by atoms with E-state index in [-0.39, 0.29) is 18.8 Å². The van der Waals surface area contributed by atoms with E-state index in [1.807, 2.05) is 0 Å². The zero-order valence-corrected chi connectivity index (χ0v) is 10.1. The third kappa shape index (κ3) is 4.76. The summed E-state index contributed by atoms with van der Waals surface area (Å²) in [6, 6.07) is 4.59. The first kappa shape index (κ1) is 14.7. The van der Waals surface area contributed by atoms with Gasteiger partial charge in [0.2, 0.25) is 0 Å². The Morgan fingerprint density at radius 2 is 2.21 bits per heavy atom. The van der Waals surface area contributed by atoms with Crippen molar-refractivity contribution in [2.45, 2.75) is 6.42 Å². The predicted molar refractivity (Wildman–Crippen MR) is 69.2 cm³/mol. The van der Waals surface area contributed by atoms with Gasteiger partial charge in [0.05, 0.1) is 11.5 Å². The van der Waals surface area contributed by atoms with Crippen LogP contribution in [0.5, 0.6) is 0 Å². The van der Waals surface area contributed by atoms with Crippen LogP contribution in [0.15, 0.2) is 30.4 Å². The molecule has 0 saturated heterocycles. The SMILES string of the molecule is O=C(O)C=CCc1ccc(NCCO)c([N+](=O)[O-])c1. The van der Waals surface area contributed by atoms with Crippen LogP contribution in [0.2, 0.25) is 0 Å². The number of carbonyl (C=O) groups is 1. The van der Waals surface area contributed by atoms with Crippen molar-refractivity contribution >= 4 is 17.3 Å². The number of allylic oxidation sites excluding steroid dienone is 1. The Morgan fingerprint density at radius 3 is 2.79 bits per heavy atom. The highest BCUT2D eigenvalue weighted by atomic mass is 16.6. The minimum absolute atomic E-state index is 0.102. The number of nitro benzene ring substituents is 1. The standard InChI is InChI=1S/C12H14N2O5/c15-7-6-13-10-5-4-9(2-1-3-12(16)17)8-11(10)14(18)19/h1,3-5,8,13,15H,2,6-7H2,(H,16,17). The second kappa shape index (κ2) is 7.12. The Balaban J connectivity index is 2.89. The topological polar surface area (TPSA) is 113 Å². The number of carboxylic acids is 1. The molecule has 1 aromatic carbocycles. The van der Waals surface area contributed by atoms with Crippen molar-refractivity contribution in [3.63, 3.8) is 0 Å². The second-order valence-electron chi connectivity index (χ2n) is 3.70. The quantitative estimate of drug-likeness (QED) is 0.388. The molecule has 0 aliphatic heterocycles. The highest BCUT2D eigenvalue weighted by Crippen LogP contribution is 2.25. The van der Waals surface area contributed by atoms with Gasteiger partial charge < -0.3 is 15.5 Å². The lowest BCUT2D eigenvalue weighted by Gasteiger charge is -2.06. The number of nitrogens with one attached hydrogen (secondary N) is 1. The van der Waals surface area contributed by atoms with E-state index in [1.165, 1.54) is 18.2 Å². The Hall–Kier alpha value is -2.41. The van der Waals surface area contributed by atoms with Crippen molar-refractivity contribution in [2.24, 2.45) is 0 Å². The van der Waals surface area contributed by atoms with Crippen molar-refractivity contribution in [2.75, 3.05) is 18.5 Å². The van der Waals surface area contributed by atoms with Gasteiger partial charge in [-0.3, -0.25) is 10.1 Å². The predicted octanol–water partition coefficient (Wildman–Crippen LogP) is 1.18. The molecule has 1 rings (SSSR count). The summed E-state index contributed by atoms with van der Waals surface area (Å²) in [6.45, 7) is 0.0966. The lowest BCUT2D eigenvalue weighted by Crippen LogP contribution is -2.07. The molecule has 0 aliphatic carbocycles. The summed E-state index contributed by atoms with van der Waals surface area (Å²) >= 11 is 0. The fourth-order valence-corrected chi connectivity index (χ4v) is 1.49. The number of rotatable bonds is 7. The largest absolute Gasteiger partial charge is 0.478 e. The Labute approximate surface area is 109 Å². The van der Waals surface area contributed by atoms with Crippen molar-refractivity contribution in [1.82, 2.24) is 0 Å². The van der Waals surface area contributed by atoms with Crippen molar-refractivity contribution < 1.29 is 19.9 Å². The van der Waals surface area contributed by atoms with Gasteiger partial charge in [-0.05, 0) is 18.1 Å². The maximum Gasteiger partial charge on any atom is 0.327 e. The molecular weight excluding hydrogens is 252 g/mol. The number of nitro groups is 1. The van der Waals surface area contributed by atoms with E-state index in [9.17, 15) is 14.9 Å². The highest BCUT2D eigenvalue weighted by Gasteiger charge is 2.13. The average Bonchev–Trinajstić information content (AvgIpc) is 2.36. The number of anilines is 1. The second-order valence-corrected chi connectivity index (χ2v) is 3.70. The highest BCUT2D eigenvalue weighted by molar-refractivity contribution is 5.79. The van der Waals surface area contributed by atoms with E-state index in [1.54, 1.807) is 6.07 Å². The summed E-state index contributed by atoms with van der Waals surface area (Å²) in [6.07, 6.45) is 2.71. The molecule has 0 spiro atoms. The molecule has 0 aromatic heterocycles. The summed E-state index contributed by atoms with van der Waals surface area (Å²) in [4.78, 5) is 20.7. The van der Waals surface area contributed by atoms with Gasteiger partial charge in [-0.2, -0.15) is 0 Å². The van der Waals surface area contributed by atoms with E-state index in [0.717, 1.165) is 6.08 Å². The normalized spacial score (nSPS) is 10.6. The van der Waals surface area contributed by atoms with Crippen LogP contribution in [-0.2, 0) is 11.2 Å². The van der Waals surface area contributed by atoms with E-state index in [2.05, 4.69) is 5.32 Å². The van der Waals surface area contributed by atoms with Gasteiger partial charge in [-0.15, -0.1) is 0 Å². The first-order valence-electron chi connectivity index (χ1n) is 5.56. The molecule has 0 radical (unpaired) electrons. The molecule has 0 fully saturated rings. The molecule has 0 heterocycles. The van der Waals surface area contributed by atoms with Gasteiger partial charge in [-0.1, -0.05) is 12.1 Å². The molecule has 0 bridgehead atoms. The molecular formula is C12H14N2O5. The first-order chi connectivity index (χ1) is 9.04. The van der Waals surface area contributed by atoms with Gasteiger partial charge in [0, 0.05) is 18.7 Å². The molecule has 19 heavy (non-hydrogen) atoms. The van der Waals surface area contributed by atoms with Crippen molar-refractivity contribution in [1.29, 1.82) is 0 Å². The number of hydrogen-bond acceptors (Lipinski definition) is 5. The Morgan fingerprint density at radius 1 is 1.47 bits per heavy atom. The molecule has 0 amide bonds. The number of hydrogen-bond donors (Lipinski definition) is 3. The van der Waals surface area contributed by atoms with Crippen LogP contribution in [0, 0.1) is 10.1 Å². The number of aliphatic hydroxyl groups is 1. The van der Waals surface area contributed by atoms with E-state index < -0.39 is 10.9 Å². The van der Waals surface area contributed by atoms with Crippen molar-refractivity contribution in [3.05, 3.63) is 46.0 Å². The number of carboxylic acid groups (broad SMARTS) is 1. The molecule has 102 valence electrons. The molecule has 0 aliphatic rings. The summed E-state index contributed by atoms with van der Waals surface area (Å²) in [5.74, 6) is -1.06. The summed E-state index contributed by atoms with van der Waals surface area (Å²) in [7, 11) is 0. The van der Waals surface area contributed by atoms with E-state index >= 15 is 0 Å². The summed E-state index contributed by atoms with van der Waals surface area (Å²) in [5, 5.41) is 30.8. The zero-order valence-electron chi connectivity index (χ0n) is 10.1. The summed E-state index contributed by atoms with van der Waals surface area (Å²) < 4.78 is 0. The lowest BCUT2D eigenvalue weighted by molar-refractivity contribution is -0.384. The lowest BCUT2D eigenvalue weighted by atomic mass is 10.1. The average molecular weight is 266 g/mol. The minimum Gasteiger partial charge on any atom is -0.478 e. The van der Waals surface area contributed by atoms with Crippen LogP contribution in [0.4, 0.5) is 11.4 Å². The molecule has 1 aromatic rings. The maximum absolute atomic E-state index is 10.9. The molecule has 3 N–H and O–H groups in total. The fraction of sp³-hybridized carbons (Fsp3) is 0.250. The smallest absolute Gasteiger partial charge is 0.327 e. The van der Waals surface area contributed by atoms with Crippen LogP contribution in [0.3, 0.4) is 0 Å². The van der Waals surface area contributed by atoms with Gasteiger partial charge in [0.25, 0.3) is 5.69 Å². The molecule has 0 unspecified atom stereocenters. The third-order valence-electron chi connectivity index (χ3n) is 2.30. The van der Waals surface area contributed by atoms with Crippen LogP contribution in [0.25, 0.3) is 0 Å². The molecule has 0 atom stereocenters. The zero-order chi connectivity index (χ0) is 14.3. The monoisotopic (exact) mass is 266 g/mol. The molecule has 7 nitrogen and oxygen atoms in total. The molecule has 7 heteroatoms. The Bertz CT molecular complexity index is 499. The van der Waals surface area contributed by atoms with Crippen LogP contribution >= 0.6 is 0 Å².